The molecule has 0 aliphatic carbocycles. The Morgan fingerprint density at radius 3 is 2.18 bits per heavy atom. The topological polar surface area (TPSA) is 105 Å². The van der Waals surface area contributed by atoms with Crippen molar-refractivity contribution in [2.24, 2.45) is 11.8 Å². The quantitative estimate of drug-likeness (QED) is 0.585. The highest BCUT2D eigenvalue weighted by molar-refractivity contribution is 5.94. The van der Waals surface area contributed by atoms with Gasteiger partial charge in [-0.1, -0.05) is 13.8 Å². The Hall–Kier alpha value is -3.70. The summed E-state index contributed by atoms with van der Waals surface area (Å²) < 4.78 is 40.0. The molecular weight excluding hydrogens is 451 g/mol. The second-order valence-corrected chi connectivity index (χ2v) is 8.45. The summed E-state index contributed by atoms with van der Waals surface area (Å²) in [6, 6.07) is 9.93. The lowest BCUT2D eigenvalue weighted by Gasteiger charge is -2.32. The Labute approximate surface area is 193 Å². The Balaban J connectivity index is 1.35. The molecule has 1 saturated heterocycles. The van der Waals surface area contributed by atoms with Crippen LogP contribution in [0, 0.1) is 11.8 Å². The number of fused-ring (bicyclic) bond motifs is 1. The molecule has 1 fully saturated rings. The molecule has 4 rings (SSSR count). The number of nitrogens with zero attached hydrogens (tertiary/aromatic N) is 5. The number of rotatable bonds is 5. The lowest BCUT2D eigenvalue weighted by atomic mass is 9.96. The zero-order valence-corrected chi connectivity index (χ0v) is 18.6. The van der Waals surface area contributed by atoms with E-state index >= 15 is 0 Å². The third kappa shape index (κ3) is 5.10. The smallest absolute Gasteiger partial charge is 0.355 e. The Bertz CT molecular complexity index is 1180. The summed E-state index contributed by atoms with van der Waals surface area (Å²) in [5.41, 5.74) is 1.28. The third-order valence-electron chi connectivity index (χ3n) is 5.64. The number of carbonyl (C=O) groups is 2. The molecule has 2 N–H and O–H groups in total. The molecule has 3 aromatic rings. The van der Waals surface area contributed by atoms with Gasteiger partial charge in [0, 0.05) is 36.3 Å². The molecule has 0 atom stereocenters. The predicted molar refractivity (Wildman–Crippen MR) is 119 cm³/mol. The van der Waals surface area contributed by atoms with Crippen LogP contribution in [0.5, 0.6) is 0 Å². The summed E-state index contributed by atoms with van der Waals surface area (Å²) in [7, 11) is 0. The molecule has 0 bridgehead atoms. The van der Waals surface area contributed by atoms with Crippen molar-refractivity contribution in [3.8, 4) is 0 Å². The molecule has 180 valence electrons. The summed E-state index contributed by atoms with van der Waals surface area (Å²) in [6.45, 7) is 4.55. The zero-order valence-electron chi connectivity index (χ0n) is 18.6. The molecule has 0 radical (unpaired) electrons. The fourth-order valence-corrected chi connectivity index (χ4v) is 3.66. The number of alkyl halides is 3. The summed E-state index contributed by atoms with van der Waals surface area (Å²) in [5, 5.41) is 16.4. The summed E-state index contributed by atoms with van der Waals surface area (Å²) in [4.78, 5) is 26.3. The molecular formula is C22H24F3N7O2. The van der Waals surface area contributed by atoms with Crippen LogP contribution in [-0.2, 0) is 15.8 Å². The molecule has 0 spiro atoms. The molecule has 9 nitrogen and oxygen atoms in total. The van der Waals surface area contributed by atoms with Crippen LogP contribution >= 0.6 is 0 Å². The molecule has 12 heteroatoms. The van der Waals surface area contributed by atoms with Gasteiger partial charge < -0.3 is 15.5 Å². The molecule has 2 amide bonds. The van der Waals surface area contributed by atoms with Gasteiger partial charge >= 0.3 is 6.18 Å². The van der Waals surface area contributed by atoms with Crippen LogP contribution in [0.2, 0.25) is 0 Å². The van der Waals surface area contributed by atoms with E-state index in [1.807, 2.05) is 4.90 Å². The molecule has 2 aromatic heterocycles. The molecule has 1 aliphatic heterocycles. The van der Waals surface area contributed by atoms with E-state index in [0.717, 1.165) is 0 Å². The second-order valence-electron chi connectivity index (χ2n) is 8.45. The summed E-state index contributed by atoms with van der Waals surface area (Å²) >= 11 is 0. The number of hydrogen-bond donors (Lipinski definition) is 2. The van der Waals surface area contributed by atoms with Gasteiger partial charge in [-0.15, -0.1) is 15.3 Å². The van der Waals surface area contributed by atoms with Gasteiger partial charge in [0.05, 0.1) is 0 Å². The number of piperidine rings is 1. The maximum absolute atomic E-state index is 13.1. The summed E-state index contributed by atoms with van der Waals surface area (Å²) in [6.07, 6.45) is -3.60. The van der Waals surface area contributed by atoms with Gasteiger partial charge in [-0.3, -0.25) is 9.59 Å². The number of nitrogens with one attached hydrogen (secondary N) is 2. The standard InChI is InChI=1S/C22H24F3N7O2/c1-13(2)19(33)26-15-3-5-16(6-4-15)27-20(34)14-9-11-31(12-10-14)18-8-7-17-28-29-21(22(23,24)25)32(17)30-18/h3-8,13-14H,9-12H2,1-2H3,(H,26,33)(H,27,34). The van der Waals surface area contributed by atoms with E-state index in [0.29, 0.717) is 47.6 Å². The Morgan fingerprint density at radius 1 is 0.971 bits per heavy atom. The van der Waals surface area contributed by atoms with Crippen LogP contribution in [0.15, 0.2) is 36.4 Å². The first-order valence-electron chi connectivity index (χ1n) is 10.9. The number of halogens is 3. The van der Waals surface area contributed by atoms with Gasteiger partial charge in [0.25, 0.3) is 5.82 Å². The number of anilines is 3. The fourth-order valence-electron chi connectivity index (χ4n) is 3.66. The fraction of sp³-hybridized carbons (Fsp3) is 0.409. The van der Waals surface area contributed by atoms with Crippen LogP contribution in [0.1, 0.15) is 32.5 Å². The SMILES string of the molecule is CC(C)C(=O)Nc1ccc(NC(=O)C2CCN(c3ccc4nnc(C(F)(F)F)n4n3)CC2)cc1. The van der Waals surface area contributed by atoms with E-state index in [4.69, 9.17) is 0 Å². The first-order valence-corrected chi connectivity index (χ1v) is 10.9. The van der Waals surface area contributed by atoms with Gasteiger partial charge in [0.15, 0.2) is 5.65 Å². The van der Waals surface area contributed by atoms with Crippen molar-refractivity contribution < 1.29 is 22.8 Å². The number of benzene rings is 1. The Morgan fingerprint density at radius 2 is 1.59 bits per heavy atom. The molecule has 34 heavy (non-hydrogen) atoms. The van der Waals surface area contributed by atoms with Crippen LogP contribution in [0.3, 0.4) is 0 Å². The second kappa shape index (κ2) is 9.27. The first kappa shape index (κ1) is 23.5. The van der Waals surface area contributed by atoms with E-state index in [-0.39, 0.29) is 29.3 Å². The average molecular weight is 475 g/mol. The first-order chi connectivity index (χ1) is 16.1. The van der Waals surface area contributed by atoms with E-state index in [1.165, 1.54) is 6.07 Å². The van der Waals surface area contributed by atoms with Gasteiger partial charge in [-0.25, -0.2) is 0 Å². The largest absolute Gasteiger partial charge is 0.453 e. The van der Waals surface area contributed by atoms with E-state index in [9.17, 15) is 22.8 Å². The van der Waals surface area contributed by atoms with Crippen LogP contribution in [-0.4, -0.2) is 44.7 Å². The van der Waals surface area contributed by atoms with Gasteiger partial charge in [0.1, 0.15) is 5.82 Å². The number of carbonyl (C=O) groups excluding carboxylic acids is 2. The Kier molecular flexibility index (Phi) is 6.40. The maximum Gasteiger partial charge on any atom is 0.453 e. The van der Waals surface area contributed by atoms with Crippen molar-refractivity contribution in [1.82, 2.24) is 19.8 Å². The predicted octanol–water partition coefficient (Wildman–Crippen LogP) is 3.59. The number of hydrogen-bond acceptors (Lipinski definition) is 6. The minimum atomic E-state index is -4.66. The normalized spacial score (nSPS) is 15.1. The van der Waals surface area contributed by atoms with Crippen molar-refractivity contribution in [3.63, 3.8) is 0 Å². The molecule has 0 saturated carbocycles. The lowest BCUT2D eigenvalue weighted by molar-refractivity contribution is -0.146. The minimum Gasteiger partial charge on any atom is -0.355 e. The van der Waals surface area contributed by atoms with Crippen molar-refractivity contribution in [2.45, 2.75) is 32.9 Å². The van der Waals surface area contributed by atoms with Crippen molar-refractivity contribution in [3.05, 3.63) is 42.2 Å². The van der Waals surface area contributed by atoms with E-state index in [1.54, 1.807) is 44.2 Å². The van der Waals surface area contributed by atoms with Crippen molar-refractivity contribution >= 4 is 34.7 Å². The van der Waals surface area contributed by atoms with Crippen molar-refractivity contribution in [1.29, 1.82) is 0 Å². The minimum absolute atomic E-state index is 0.0140. The van der Waals surface area contributed by atoms with Crippen molar-refractivity contribution in [2.75, 3.05) is 28.6 Å². The molecule has 3 heterocycles. The highest BCUT2D eigenvalue weighted by Gasteiger charge is 2.38. The van der Waals surface area contributed by atoms with Crippen LogP contribution in [0.4, 0.5) is 30.4 Å². The highest BCUT2D eigenvalue weighted by Crippen LogP contribution is 2.29. The summed E-state index contributed by atoms with van der Waals surface area (Å²) in [5.74, 6) is -1.38. The molecule has 1 aromatic carbocycles. The third-order valence-corrected chi connectivity index (χ3v) is 5.64. The van der Waals surface area contributed by atoms with Crippen LogP contribution < -0.4 is 15.5 Å². The molecule has 1 aliphatic rings. The average Bonchev–Trinajstić information content (AvgIpc) is 3.24. The van der Waals surface area contributed by atoms with Gasteiger partial charge in [-0.2, -0.15) is 17.7 Å². The zero-order chi connectivity index (χ0) is 24.5. The van der Waals surface area contributed by atoms with Crippen LogP contribution in [0.25, 0.3) is 5.65 Å². The van der Waals surface area contributed by atoms with Gasteiger partial charge in [-0.05, 0) is 49.2 Å². The van der Waals surface area contributed by atoms with Gasteiger partial charge in [0.2, 0.25) is 11.8 Å². The lowest BCUT2D eigenvalue weighted by Crippen LogP contribution is -2.38. The number of aromatic nitrogens is 4. The maximum atomic E-state index is 13.1. The highest BCUT2D eigenvalue weighted by atomic mass is 19.4. The van der Waals surface area contributed by atoms with E-state index in [2.05, 4.69) is 25.9 Å². The monoisotopic (exact) mass is 475 g/mol. The molecule has 0 unspecified atom stereocenters. The van der Waals surface area contributed by atoms with E-state index < -0.39 is 12.0 Å². The number of amides is 2.